The molecule has 3 heterocycles. The van der Waals surface area contributed by atoms with E-state index in [9.17, 15) is 9.59 Å². The van der Waals surface area contributed by atoms with Crippen molar-refractivity contribution in [3.63, 3.8) is 0 Å². The molecule has 8 heteroatoms. The smallest absolute Gasteiger partial charge is 0.340 e. The van der Waals surface area contributed by atoms with Crippen LogP contribution in [-0.4, -0.2) is 48.0 Å². The van der Waals surface area contributed by atoms with Gasteiger partial charge in [-0.25, -0.2) is 9.48 Å². The maximum absolute atomic E-state index is 12.7. The molecule has 27 heavy (non-hydrogen) atoms. The Balaban J connectivity index is 1.40. The van der Waals surface area contributed by atoms with Crippen LogP contribution < -0.4 is 5.69 Å². The summed E-state index contributed by atoms with van der Waals surface area (Å²) in [6.07, 6.45) is 4.54. The van der Waals surface area contributed by atoms with Gasteiger partial charge >= 0.3 is 5.69 Å². The van der Waals surface area contributed by atoms with Crippen LogP contribution in [0.5, 0.6) is 0 Å². The van der Waals surface area contributed by atoms with Crippen LogP contribution in [0.25, 0.3) is 0 Å². The number of benzene rings is 1. The molecule has 0 bridgehead atoms. The summed E-state index contributed by atoms with van der Waals surface area (Å²) in [5, 5.41) is 8.62. The fraction of sp³-hybridized carbons (Fsp3) is 0.368. The highest BCUT2D eigenvalue weighted by Crippen LogP contribution is 2.08. The first-order valence-electron chi connectivity index (χ1n) is 9.16. The molecule has 0 spiro atoms. The quantitative estimate of drug-likeness (QED) is 0.668. The monoisotopic (exact) mass is 366 g/mol. The van der Waals surface area contributed by atoms with Crippen LogP contribution in [0.4, 0.5) is 0 Å². The first-order chi connectivity index (χ1) is 13.2. The molecule has 0 N–H and O–H groups in total. The highest BCUT2D eigenvalue weighted by atomic mass is 16.2. The summed E-state index contributed by atoms with van der Waals surface area (Å²) in [4.78, 5) is 27.0. The molecule has 2 aromatic heterocycles. The lowest BCUT2D eigenvalue weighted by atomic mass is 10.2. The standard InChI is InChI=1S/C19H22N6O2/c26-18(8-12-23-10-4-9-20-23)22-11-7-17-21-25(19(27)24(17)14-13-22)15-16-5-2-1-3-6-16/h1-6,9-10H,7-8,11-15H2. The summed E-state index contributed by atoms with van der Waals surface area (Å²) < 4.78 is 4.96. The van der Waals surface area contributed by atoms with Crippen LogP contribution in [0.1, 0.15) is 17.8 Å². The molecule has 140 valence electrons. The van der Waals surface area contributed by atoms with Crippen molar-refractivity contribution in [2.75, 3.05) is 13.1 Å². The number of aromatic nitrogens is 5. The van der Waals surface area contributed by atoms with Crippen LogP contribution in [0.2, 0.25) is 0 Å². The molecular formula is C19H22N6O2. The number of rotatable bonds is 5. The number of nitrogens with zero attached hydrogens (tertiary/aromatic N) is 6. The van der Waals surface area contributed by atoms with Gasteiger partial charge in [0.05, 0.1) is 6.54 Å². The second-order valence-corrected chi connectivity index (χ2v) is 6.64. The number of hydrogen-bond donors (Lipinski definition) is 0. The van der Waals surface area contributed by atoms with Crippen LogP contribution in [-0.2, 0) is 30.8 Å². The van der Waals surface area contributed by atoms with E-state index in [1.807, 2.05) is 47.5 Å². The molecule has 1 amide bonds. The van der Waals surface area contributed by atoms with E-state index in [1.54, 1.807) is 15.4 Å². The molecule has 8 nitrogen and oxygen atoms in total. The minimum atomic E-state index is -0.111. The Morgan fingerprint density at radius 3 is 2.70 bits per heavy atom. The van der Waals surface area contributed by atoms with Crippen molar-refractivity contribution in [3.05, 3.63) is 70.7 Å². The van der Waals surface area contributed by atoms with E-state index in [1.165, 1.54) is 4.68 Å². The van der Waals surface area contributed by atoms with Gasteiger partial charge < -0.3 is 4.90 Å². The van der Waals surface area contributed by atoms with E-state index >= 15 is 0 Å². The summed E-state index contributed by atoms with van der Waals surface area (Å²) in [5.74, 6) is 0.833. The molecule has 4 rings (SSSR count). The number of fused-ring (bicyclic) bond motifs is 1. The predicted octanol–water partition coefficient (Wildman–Crippen LogP) is 0.765. The lowest BCUT2D eigenvalue weighted by molar-refractivity contribution is -0.131. The van der Waals surface area contributed by atoms with E-state index in [2.05, 4.69) is 10.2 Å². The van der Waals surface area contributed by atoms with Crippen molar-refractivity contribution in [1.29, 1.82) is 0 Å². The Hall–Kier alpha value is -3.16. The van der Waals surface area contributed by atoms with Gasteiger partial charge in [0.25, 0.3) is 0 Å². The lowest BCUT2D eigenvalue weighted by Gasteiger charge is -2.20. The molecule has 1 aliphatic heterocycles. The molecule has 0 saturated heterocycles. The van der Waals surface area contributed by atoms with E-state index in [-0.39, 0.29) is 11.6 Å². The third-order valence-electron chi connectivity index (χ3n) is 4.84. The zero-order chi connectivity index (χ0) is 18.6. The average Bonchev–Trinajstić information content (AvgIpc) is 3.24. The molecule has 0 aliphatic carbocycles. The average molecular weight is 366 g/mol. The minimum absolute atomic E-state index is 0.0841. The highest BCUT2D eigenvalue weighted by Gasteiger charge is 2.22. The minimum Gasteiger partial charge on any atom is -0.340 e. The fourth-order valence-corrected chi connectivity index (χ4v) is 3.37. The van der Waals surface area contributed by atoms with Gasteiger partial charge in [0.1, 0.15) is 5.82 Å². The van der Waals surface area contributed by atoms with Gasteiger partial charge in [0.2, 0.25) is 5.91 Å². The zero-order valence-electron chi connectivity index (χ0n) is 15.1. The Kier molecular flexibility index (Phi) is 4.86. The first kappa shape index (κ1) is 17.3. The molecule has 1 aromatic carbocycles. The summed E-state index contributed by atoms with van der Waals surface area (Å²) in [6.45, 7) is 2.63. The Morgan fingerprint density at radius 2 is 1.93 bits per heavy atom. The molecule has 0 saturated carbocycles. The number of carbonyl (C=O) groups excluding carboxylic acids is 1. The van der Waals surface area contributed by atoms with Crippen molar-refractivity contribution in [2.45, 2.75) is 32.5 Å². The van der Waals surface area contributed by atoms with Crippen LogP contribution in [0.15, 0.2) is 53.6 Å². The van der Waals surface area contributed by atoms with Gasteiger partial charge in [-0.15, -0.1) is 0 Å². The second-order valence-electron chi connectivity index (χ2n) is 6.64. The van der Waals surface area contributed by atoms with Gasteiger partial charge in [-0.3, -0.25) is 14.0 Å². The summed E-state index contributed by atoms with van der Waals surface area (Å²) in [6, 6.07) is 11.7. The fourth-order valence-electron chi connectivity index (χ4n) is 3.37. The predicted molar refractivity (Wildman–Crippen MR) is 99.2 cm³/mol. The van der Waals surface area contributed by atoms with Gasteiger partial charge in [0.15, 0.2) is 0 Å². The largest absolute Gasteiger partial charge is 0.346 e. The van der Waals surface area contributed by atoms with E-state index in [0.29, 0.717) is 45.6 Å². The molecule has 0 radical (unpaired) electrons. The van der Waals surface area contributed by atoms with Crippen molar-refractivity contribution >= 4 is 5.91 Å². The molecule has 1 aliphatic rings. The number of carbonyl (C=O) groups is 1. The normalized spacial score (nSPS) is 14.0. The van der Waals surface area contributed by atoms with Gasteiger partial charge in [-0.1, -0.05) is 30.3 Å². The van der Waals surface area contributed by atoms with E-state index in [4.69, 9.17) is 0 Å². The molecule has 0 unspecified atom stereocenters. The molecule has 0 fully saturated rings. The Labute approximate surface area is 156 Å². The van der Waals surface area contributed by atoms with E-state index in [0.717, 1.165) is 11.4 Å². The summed E-state index contributed by atoms with van der Waals surface area (Å²) in [5.41, 5.74) is 0.933. The van der Waals surface area contributed by atoms with Gasteiger partial charge in [-0.05, 0) is 11.6 Å². The van der Waals surface area contributed by atoms with Crippen molar-refractivity contribution in [3.8, 4) is 0 Å². The van der Waals surface area contributed by atoms with Crippen LogP contribution in [0, 0.1) is 0 Å². The number of hydrogen-bond acceptors (Lipinski definition) is 4. The first-order valence-corrected chi connectivity index (χ1v) is 9.16. The van der Waals surface area contributed by atoms with Crippen molar-refractivity contribution in [1.82, 2.24) is 29.0 Å². The number of aryl methyl sites for hydroxylation is 1. The summed E-state index contributed by atoms with van der Waals surface area (Å²) in [7, 11) is 0. The Bertz CT molecular complexity index is 958. The third kappa shape index (κ3) is 3.84. The topological polar surface area (TPSA) is 78.0 Å². The molecule has 0 atom stereocenters. The second kappa shape index (κ2) is 7.61. The maximum atomic E-state index is 12.7. The zero-order valence-corrected chi connectivity index (χ0v) is 15.1. The molecule has 3 aromatic rings. The van der Waals surface area contributed by atoms with Crippen LogP contribution in [0.3, 0.4) is 0 Å². The summed E-state index contributed by atoms with van der Waals surface area (Å²) >= 11 is 0. The third-order valence-corrected chi connectivity index (χ3v) is 4.84. The van der Waals surface area contributed by atoms with Crippen molar-refractivity contribution < 1.29 is 4.79 Å². The van der Waals surface area contributed by atoms with Crippen LogP contribution >= 0.6 is 0 Å². The lowest BCUT2D eigenvalue weighted by Crippen LogP contribution is -2.35. The number of amides is 1. The van der Waals surface area contributed by atoms with E-state index < -0.39 is 0 Å². The highest BCUT2D eigenvalue weighted by molar-refractivity contribution is 5.76. The SMILES string of the molecule is O=C(CCn1cccn1)N1CCc2nn(Cc3ccccc3)c(=O)n2CC1. The van der Waals surface area contributed by atoms with Gasteiger partial charge in [0, 0.05) is 51.4 Å². The van der Waals surface area contributed by atoms with Gasteiger partial charge in [-0.2, -0.15) is 10.2 Å². The Morgan fingerprint density at radius 1 is 1.07 bits per heavy atom. The molecular weight excluding hydrogens is 344 g/mol. The maximum Gasteiger partial charge on any atom is 0.346 e. The van der Waals surface area contributed by atoms with Crippen molar-refractivity contribution in [2.24, 2.45) is 0 Å².